The van der Waals surface area contributed by atoms with Gasteiger partial charge in [-0.3, -0.25) is 0 Å². The number of rotatable bonds is 3. The van der Waals surface area contributed by atoms with Crippen molar-refractivity contribution in [3.05, 3.63) is 15.6 Å². The summed E-state index contributed by atoms with van der Waals surface area (Å²) in [6.45, 7) is 7.78. The molecule has 10 heteroatoms. The monoisotopic (exact) mass is 486 g/mol. The van der Waals surface area contributed by atoms with Crippen LogP contribution in [-0.4, -0.2) is 67.0 Å². The van der Waals surface area contributed by atoms with E-state index in [2.05, 4.69) is 30.8 Å². The molecule has 1 aliphatic rings. The van der Waals surface area contributed by atoms with Crippen molar-refractivity contribution in [1.82, 2.24) is 14.9 Å². The van der Waals surface area contributed by atoms with E-state index in [9.17, 15) is 4.79 Å². The van der Waals surface area contributed by atoms with Gasteiger partial charge in [0, 0.05) is 31.6 Å². The van der Waals surface area contributed by atoms with Crippen LogP contribution in [0.2, 0.25) is 5.02 Å². The Hall–Kier alpha value is -2.00. The largest absolute Gasteiger partial charge is 0.493 e. The van der Waals surface area contributed by atoms with Gasteiger partial charge in [0.25, 0.3) is 0 Å². The van der Waals surface area contributed by atoms with Gasteiger partial charge in [0.05, 0.1) is 23.7 Å². The number of carbonyl (C=O) groups excluding carboxylic acids is 1. The van der Waals surface area contributed by atoms with Crippen LogP contribution in [0.3, 0.4) is 0 Å². The van der Waals surface area contributed by atoms with Gasteiger partial charge >= 0.3 is 12.1 Å². The second-order valence-corrected chi connectivity index (χ2v) is 8.79. The number of fused-ring (bicyclic) bond motifs is 1. The van der Waals surface area contributed by atoms with Crippen molar-refractivity contribution >= 4 is 50.3 Å². The summed E-state index contributed by atoms with van der Waals surface area (Å²) in [6, 6.07) is 2.04. The third-order valence-corrected chi connectivity index (χ3v) is 5.73. The van der Waals surface area contributed by atoms with E-state index in [-0.39, 0.29) is 12.1 Å². The number of amides is 1. The van der Waals surface area contributed by atoms with Crippen LogP contribution in [0.15, 0.2) is 10.5 Å². The summed E-state index contributed by atoms with van der Waals surface area (Å²) in [5, 5.41) is 1.25. The Balaban J connectivity index is 1.93. The molecule has 158 valence electrons. The van der Waals surface area contributed by atoms with Gasteiger partial charge in [0.15, 0.2) is 5.75 Å². The Kier molecular flexibility index (Phi) is 6.28. The van der Waals surface area contributed by atoms with Crippen molar-refractivity contribution in [1.29, 1.82) is 0 Å². The van der Waals surface area contributed by atoms with E-state index in [1.54, 1.807) is 18.1 Å². The fourth-order valence-electron chi connectivity index (χ4n) is 3.09. The van der Waals surface area contributed by atoms with Crippen molar-refractivity contribution in [2.45, 2.75) is 26.4 Å². The third kappa shape index (κ3) is 4.61. The van der Waals surface area contributed by atoms with E-state index < -0.39 is 5.60 Å². The van der Waals surface area contributed by atoms with Gasteiger partial charge in [-0.15, -0.1) is 0 Å². The normalized spacial score (nSPS) is 14.9. The molecule has 2 heterocycles. The lowest BCUT2D eigenvalue weighted by atomic mass is 10.2. The first kappa shape index (κ1) is 21.7. The molecule has 1 fully saturated rings. The zero-order valence-corrected chi connectivity index (χ0v) is 19.4. The summed E-state index contributed by atoms with van der Waals surface area (Å²) < 4.78 is 16.9. The minimum atomic E-state index is -0.523. The smallest absolute Gasteiger partial charge is 0.410 e. The van der Waals surface area contributed by atoms with E-state index in [4.69, 9.17) is 25.8 Å². The Labute approximate surface area is 183 Å². The number of carbonyl (C=O) groups is 1. The van der Waals surface area contributed by atoms with Crippen LogP contribution in [0.1, 0.15) is 20.8 Å². The Morgan fingerprint density at radius 3 is 2.34 bits per heavy atom. The molecule has 0 spiro atoms. The van der Waals surface area contributed by atoms with Crippen molar-refractivity contribution < 1.29 is 19.0 Å². The van der Waals surface area contributed by atoms with E-state index in [1.165, 1.54) is 7.11 Å². The Morgan fingerprint density at radius 2 is 1.79 bits per heavy atom. The number of methoxy groups -OCH3 is 2. The fourth-order valence-corrected chi connectivity index (χ4v) is 3.75. The van der Waals surface area contributed by atoms with Gasteiger partial charge in [0.1, 0.15) is 16.9 Å². The minimum absolute atomic E-state index is 0.231. The second kappa shape index (κ2) is 8.39. The fraction of sp³-hybridized carbons (Fsp3) is 0.526. The highest BCUT2D eigenvalue weighted by atomic mass is 79.9. The summed E-state index contributed by atoms with van der Waals surface area (Å²) in [5.74, 6) is 1.20. The number of piperazine rings is 1. The second-order valence-electron chi connectivity index (χ2n) is 7.59. The highest BCUT2D eigenvalue weighted by Gasteiger charge is 2.28. The number of halogens is 2. The maximum Gasteiger partial charge on any atom is 0.410 e. The standard InChI is InChI=1S/C19H24BrClN4O4/c1-19(2,3)29-18(26)25-8-6-24(7-9-25)16-11-10-12(21)13(20)15(27-4)14(11)22-17(23-16)28-5/h10H,6-9H2,1-5H3. The zero-order valence-electron chi connectivity index (χ0n) is 17.1. The van der Waals surface area contributed by atoms with Crippen LogP contribution in [0.25, 0.3) is 10.9 Å². The molecule has 8 nitrogen and oxygen atoms in total. The topological polar surface area (TPSA) is 77.0 Å². The number of anilines is 1. The van der Waals surface area contributed by atoms with Crippen LogP contribution in [0.5, 0.6) is 11.8 Å². The van der Waals surface area contributed by atoms with Crippen LogP contribution in [-0.2, 0) is 4.74 Å². The number of nitrogens with zero attached hydrogens (tertiary/aromatic N) is 4. The predicted molar refractivity (Wildman–Crippen MR) is 115 cm³/mol. The molecule has 29 heavy (non-hydrogen) atoms. The van der Waals surface area contributed by atoms with Gasteiger partial charge < -0.3 is 24.0 Å². The van der Waals surface area contributed by atoms with E-state index in [0.717, 1.165) is 5.39 Å². The first-order valence-corrected chi connectivity index (χ1v) is 10.3. The van der Waals surface area contributed by atoms with Crippen LogP contribution in [0.4, 0.5) is 10.6 Å². The van der Waals surface area contributed by atoms with Gasteiger partial charge in [-0.25, -0.2) is 4.79 Å². The summed E-state index contributed by atoms with van der Waals surface area (Å²) in [7, 11) is 3.08. The molecule has 0 radical (unpaired) electrons. The lowest BCUT2D eigenvalue weighted by Crippen LogP contribution is -2.50. The predicted octanol–water partition coefficient (Wildman–Crippen LogP) is 4.12. The summed E-state index contributed by atoms with van der Waals surface area (Å²) in [5.41, 5.74) is 0.0747. The maximum atomic E-state index is 12.3. The van der Waals surface area contributed by atoms with Crippen molar-refractivity contribution in [3.8, 4) is 11.8 Å². The average molecular weight is 488 g/mol. The third-order valence-electron chi connectivity index (χ3n) is 4.42. The Bertz CT molecular complexity index is 927. The molecular weight excluding hydrogens is 464 g/mol. The lowest BCUT2D eigenvalue weighted by Gasteiger charge is -2.36. The summed E-state index contributed by atoms with van der Waals surface area (Å²) in [6.07, 6.45) is -0.309. The molecule has 1 aromatic heterocycles. The van der Waals surface area contributed by atoms with Gasteiger partial charge in [-0.05, 0) is 42.8 Å². The Morgan fingerprint density at radius 1 is 1.14 bits per heavy atom. The molecule has 2 aromatic rings. The summed E-state index contributed by atoms with van der Waals surface area (Å²) in [4.78, 5) is 25.1. The van der Waals surface area contributed by atoms with Crippen LogP contribution in [0, 0.1) is 0 Å². The van der Waals surface area contributed by atoms with Crippen LogP contribution < -0.4 is 14.4 Å². The van der Waals surface area contributed by atoms with Gasteiger partial charge in [-0.2, -0.15) is 9.97 Å². The first-order chi connectivity index (χ1) is 13.6. The molecule has 1 saturated heterocycles. The molecule has 0 unspecified atom stereocenters. The molecular formula is C19H24BrClN4O4. The van der Waals surface area contributed by atoms with Crippen molar-refractivity contribution in [3.63, 3.8) is 0 Å². The highest BCUT2D eigenvalue weighted by molar-refractivity contribution is 9.10. The molecule has 1 aliphatic heterocycles. The number of hydrogen-bond acceptors (Lipinski definition) is 7. The molecule has 0 N–H and O–H groups in total. The molecule has 0 bridgehead atoms. The molecule has 1 amide bonds. The molecule has 0 aliphatic carbocycles. The number of benzene rings is 1. The molecule has 0 atom stereocenters. The van der Waals surface area contributed by atoms with E-state index in [1.807, 2.05) is 20.8 Å². The molecule has 0 saturated carbocycles. The number of aromatic nitrogens is 2. The maximum absolute atomic E-state index is 12.3. The van der Waals surface area contributed by atoms with Crippen LogP contribution >= 0.6 is 27.5 Å². The zero-order chi connectivity index (χ0) is 21.3. The van der Waals surface area contributed by atoms with E-state index >= 15 is 0 Å². The molecule has 1 aromatic carbocycles. The SMILES string of the molecule is COc1nc(N2CCN(C(=O)OC(C)(C)C)CC2)c2cc(Cl)c(Br)c(OC)c2n1. The van der Waals surface area contributed by atoms with E-state index in [0.29, 0.717) is 52.8 Å². The highest BCUT2D eigenvalue weighted by Crippen LogP contribution is 2.41. The quantitative estimate of drug-likeness (QED) is 0.644. The molecule has 3 rings (SSSR count). The lowest BCUT2D eigenvalue weighted by molar-refractivity contribution is 0.0240. The summed E-state index contributed by atoms with van der Waals surface area (Å²) >= 11 is 9.83. The number of hydrogen-bond donors (Lipinski definition) is 0. The van der Waals surface area contributed by atoms with Gasteiger partial charge in [0.2, 0.25) is 0 Å². The number of ether oxygens (including phenoxy) is 3. The first-order valence-electron chi connectivity index (χ1n) is 9.15. The average Bonchev–Trinajstić information content (AvgIpc) is 2.67. The van der Waals surface area contributed by atoms with Gasteiger partial charge in [-0.1, -0.05) is 11.6 Å². The van der Waals surface area contributed by atoms with Crippen molar-refractivity contribution in [2.24, 2.45) is 0 Å². The minimum Gasteiger partial charge on any atom is -0.493 e. The van der Waals surface area contributed by atoms with Crippen molar-refractivity contribution in [2.75, 3.05) is 45.3 Å².